The van der Waals surface area contributed by atoms with Crippen molar-refractivity contribution in [3.8, 4) is 17.2 Å². The highest BCUT2D eigenvalue weighted by atomic mass is 79.9. The molecule has 0 saturated heterocycles. The van der Waals surface area contributed by atoms with Crippen molar-refractivity contribution in [3.05, 3.63) is 46.7 Å². The van der Waals surface area contributed by atoms with Crippen molar-refractivity contribution in [1.82, 2.24) is 0 Å². The van der Waals surface area contributed by atoms with E-state index in [1.807, 2.05) is 0 Å². The Hall–Kier alpha value is -2.28. The zero-order chi connectivity index (χ0) is 16.4. The van der Waals surface area contributed by atoms with Gasteiger partial charge in [-0.3, -0.25) is 4.79 Å². The number of halogens is 2. The van der Waals surface area contributed by atoms with Crippen molar-refractivity contribution in [3.63, 3.8) is 0 Å². The third-order valence-electron chi connectivity index (χ3n) is 3.21. The fourth-order valence-electron chi connectivity index (χ4n) is 2.03. The van der Waals surface area contributed by atoms with Gasteiger partial charge in [-0.1, -0.05) is 15.9 Å². The van der Waals surface area contributed by atoms with E-state index in [-0.39, 0.29) is 12.5 Å². The van der Waals surface area contributed by atoms with Gasteiger partial charge < -0.3 is 19.5 Å². The smallest absolute Gasteiger partial charge is 0.265 e. The second-order valence-corrected chi connectivity index (χ2v) is 5.81. The number of rotatable bonds is 4. The topological polar surface area (TPSA) is 56.8 Å². The molecule has 0 unspecified atom stereocenters. The zero-order valence-corrected chi connectivity index (χ0v) is 13.7. The molecule has 5 nitrogen and oxygen atoms in total. The molecule has 1 aliphatic heterocycles. The predicted molar refractivity (Wildman–Crippen MR) is 85.4 cm³/mol. The van der Waals surface area contributed by atoms with Gasteiger partial charge >= 0.3 is 0 Å². The maximum absolute atomic E-state index is 13.7. The number of anilines is 1. The molecule has 2 aromatic rings. The minimum Gasteiger partial charge on any atom is -0.478 e. The normalized spacial score (nSPS) is 13.5. The Morgan fingerprint density at radius 2 is 2.04 bits per heavy atom. The number of nitrogens with one attached hydrogen (secondary N) is 1. The minimum atomic E-state index is -0.865. The summed E-state index contributed by atoms with van der Waals surface area (Å²) >= 11 is 3.16. The molecule has 0 saturated carbocycles. The molecule has 0 spiro atoms. The first-order valence-corrected chi connectivity index (χ1v) is 7.64. The molecule has 1 atom stereocenters. The largest absolute Gasteiger partial charge is 0.478 e. The van der Waals surface area contributed by atoms with Crippen LogP contribution in [0.25, 0.3) is 0 Å². The van der Waals surface area contributed by atoms with E-state index < -0.39 is 17.8 Å². The van der Waals surface area contributed by atoms with Crippen LogP contribution in [0.15, 0.2) is 40.9 Å². The van der Waals surface area contributed by atoms with E-state index in [1.165, 1.54) is 12.1 Å². The maximum atomic E-state index is 13.7. The van der Waals surface area contributed by atoms with Crippen molar-refractivity contribution < 1.29 is 23.4 Å². The van der Waals surface area contributed by atoms with Gasteiger partial charge in [0.1, 0.15) is 0 Å². The van der Waals surface area contributed by atoms with E-state index >= 15 is 0 Å². The van der Waals surface area contributed by atoms with Crippen LogP contribution >= 0.6 is 15.9 Å². The lowest BCUT2D eigenvalue weighted by atomic mass is 10.2. The van der Waals surface area contributed by atoms with Crippen molar-refractivity contribution in [2.45, 2.75) is 13.0 Å². The number of fused-ring (bicyclic) bond motifs is 1. The monoisotopic (exact) mass is 381 g/mol. The molecule has 2 aromatic carbocycles. The van der Waals surface area contributed by atoms with Crippen molar-refractivity contribution >= 4 is 27.5 Å². The first kappa shape index (κ1) is 15.6. The van der Waals surface area contributed by atoms with Gasteiger partial charge in [-0.2, -0.15) is 0 Å². The summed E-state index contributed by atoms with van der Waals surface area (Å²) in [5.74, 6) is 0.273. The summed E-state index contributed by atoms with van der Waals surface area (Å²) < 4.78 is 30.1. The molecule has 0 bridgehead atoms. The average molecular weight is 382 g/mol. The lowest BCUT2D eigenvalue weighted by Gasteiger charge is -2.15. The third-order valence-corrected chi connectivity index (χ3v) is 3.70. The predicted octanol–water partition coefficient (Wildman–Crippen LogP) is 3.72. The highest BCUT2D eigenvalue weighted by Gasteiger charge is 2.19. The fourth-order valence-corrected chi connectivity index (χ4v) is 2.37. The molecule has 120 valence electrons. The van der Waals surface area contributed by atoms with E-state index in [1.54, 1.807) is 31.2 Å². The van der Waals surface area contributed by atoms with Gasteiger partial charge in [0.15, 0.2) is 29.2 Å². The molecule has 1 aliphatic rings. The summed E-state index contributed by atoms with van der Waals surface area (Å²) in [6, 6.07) is 9.44. The summed E-state index contributed by atoms with van der Waals surface area (Å²) in [6.07, 6.45) is -0.865. The number of hydrogen-bond acceptors (Lipinski definition) is 4. The molecule has 1 N–H and O–H groups in total. The maximum Gasteiger partial charge on any atom is 0.265 e. The van der Waals surface area contributed by atoms with Crippen LogP contribution in [0.4, 0.5) is 10.1 Å². The number of benzene rings is 2. The van der Waals surface area contributed by atoms with E-state index in [2.05, 4.69) is 21.2 Å². The van der Waals surface area contributed by atoms with E-state index in [9.17, 15) is 9.18 Å². The Morgan fingerprint density at radius 1 is 1.26 bits per heavy atom. The Balaban J connectivity index is 1.65. The molecule has 1 amide bonds. The van der Waals surface area contributed by atoms with Crippen LogP contribution < -0.4 is 19.5 Å². The highest BCUT2D eigenvalue weighted by molar-refractivity contribution is 9.10. The molecule has 1 heterocycles. The molecular weight excluding hydrogens is 369 g/mol. The summed E-state index contributed by atoms with van der Waals surface area (Å²) in [4.78, 5) is 12.2. The lowest BCUT2D eigenvalue weighted by molar-refractivity contribution is -0.122. The molecule has 3 rings (SSSR count). The number of amides is 1. The van der Waals surface area contributed by atoms with Crippen LogP contribution in [0.5, 0.6) is 17.2 Å². The summed E-state index contributed by atoms with van der Waals surface area (Å²) in [5.41, 5.74) is 0.547. The number of ether oxygens (including phenoxy) is 3. The van der Waals surface area contributed by atoms with Crippen LogP contribution in [0, 0.1) is 5.82 Å². The van der Waals surface area contributed by atoms with Crippen LogP contribution in [-0.4, -0.2) is 18.8 Å². The van der Waals surface area contributed by atoms with E-state index in [0.717, 1.165) is 0 Å². The van der Waals surface area contributed by atoms with Gasteiger partial charge in [-0.05, 0) is 37.3 Å². The van der Waals surface area contributed by atoms with Gasteiger partial charge in [0.2, 0.25) is 6.79 Å². The molecule has 7 heteroatoms. The minimum absolute atomic E-state index is 0.0153. The van der Waals surface area contributed by atoms with Gasteiger partial charge in [-0.15, -0.1) is 0 Å². The van der Waals surface area contributed by atoms with Gasteiger partial charge in [0.25, 0.3) is 5.91 Å². The van der Waals surface area contributed by atoms with E-state index in [4.69, 9.17) is 14.2 Å². The van der Waals surface area contributed by atoms with Gasteiger partial charge in [0.05, 0.1) is 0 Å². The number of hydrogen-bond donors (Lipinski definition) is 1. The SMILES string of the molecule is C[C@H](Oc1ccc(Br)cc1F)C(=O)Nc1ccc2c(c1)OCO2. The Labute approximate surface area is 140 Å². The molecule has 0 fully saturated rings. The molecule has 23 heavy (non-hydrogen) atoms. The van der Waals surface area contributed by atoms with Crippen molar-refractivity contribution in [2.75, 3.05) is 12.1 Å². The van der Waals surface area contributed by atoms with Gasteiger partial charge in [-0.25, -0.2) is 4.39 Å². The van der Waals surface area contributed by atoms with Gasteiger partial charge in [0, 0.05) is 16.2 Å². The van der Waals surface area contributed by atoms with Crippen molar-refractivity contribution in [2.24, 2.45) is 0 Å². The second-order valence-electron chi connectivity index (χ2n) is 4.89. The first-order chi connectivity index (χ1) is 11.0. The summed E-state index contributed by atoms with van der Waals surface area (Å²) in [5, 5.41) is 2.69. The number of carbonyl (C=O) groups excluding carboxylic acids is 1. The lowest BCUT2D eigenvalue weighted by Crippen LogP contribution is -2.30. The second kappa shape index (κ2) is 6.45. The number of carbonyl (C=O) groups is 1. The van der Waals surface area contributed by atoms with Crippen molar-refractivity contribution in [1.29, 1.82) is 0 Å². The highest BCUT2D eigenvalue weighted by Crippen LogP contribution is 2.34. The quantitative estimate of drug-likeness (QED) is 0.876. The fraction of sp³-hybridized carbons (Fsp3) is 0.188. The van der Waals surface area contributed by atoms with Crippen LogP contribution in [0.3, 0.4) is 0 Å². The third kappa shape index (κ3) is 3.56. The van der Waals surface area contributed by atoms with Crippen LogP contribution in [-0.2, 0) is 4.79 Å². The standard InChI is InChI=1S/C16H13BrFNO4/c1-9(23-13-4-2-10(17)6-12(13)18)16(20)19-11-3-5-14-15(7-11)22-8-21-14/h2-7,9H,8H2,1H3,(H,19,20)/t9-/m0/s1. The first-order valence-electron chi connectivity index (χ1n) is 6.85. The molecule has 0 radical (unpaired) electrons. The molecular formula is C16H13BrFNO4. The Bertz CT molecular complexity index is 753. The summed E-state index contributed by atoms with van der Waals surface area (Å²) in [6.45, 7) is 1.71. The zero-order valence-electron chi connectivity index (χ0n) is 12.1. The Kier molecular flexibility index (Phi) is 4.38. The molecule has 0 aromatic heterocycles. The molecule has 0 aliphatic carbocycles. The summed E-state index contributed by atoms with van der Waals surface area (Å²) in [7, 11) is 0. The Morgan fingerprint density at radius 3 is 2.83 bits per heavy atom. The van der Waals surface area contributed by atoms with Crippen LogP contribution in [0.1, 0.15) is 6.92 Å². The average Bonchev–Trinajstić information content (AvgIpc) is 2.97. The van der Waals surface area contributed by atoms with E-state index in [0.29, 0.717) is 21.7 Å². The van der Waals surface area contributed by atoms with Crippen LogP contribution in [0.2, 0.25) is 0 Å².